The van der Waals surface area contributed by atoms with Crippen molar-refractivity contribution in [3.8, 4) is 12.3 Å². The van der Waals surface area contributed by atoms with Gasteiger partial charge in [0.2, 0.25) is 0 Å². The third-order valence-corrected chi connectivity index (χ3v) is 3.10. The number of hydrogen-bond acceptors (Lipinski definition) is 2. The van der Waals surface area contributed by atoms with E-state index in [0.29, 0.717) is 12.1 Å². The molecule has 0 aliphatic carbocycles. The van der Waals surface area contributed by atoms with Gasteiger partial charge in [-0.1, -0.05) is 5.92 Å². The fraction of sp³-hybridized carbons (Fsp3) is 0.818. The van der Waals surface area contributed by atoms with Crippen molar-refractivity contribution in [2.24, 2.45) is 0 Å². The highest BCUT2D eigenvalue weighted by molar-refractivity contribution is 4.95. The summed E-state index contributed by atoms with van der Waals surface area (Å²) in [5, 5.41) is 0. The van der Waals surface area contributed by atoms with Gasteiger partial charge >= 0.3 is 0 Å². The van der Waals surface area contributed by atoms with Crippen LogP contribution in [0.1, 0.15) is 25.7 Å². The van der Waals surface area contributed by atoms with Crippen molar-refractivity contribution < 1.29 is 4.74 Å². The zero-order chi connectivity index (χ0) is 9.10. The third-order valence-electron chi connectivity index (χ3n) is 3.10. The Bertz CT molecular complexity index is 203. The molecule has 2 aliphatic rings. The quantitative estimate of drug-likeness (QED) is 0.592. The molecule has 2 heteroatoms. The molecule has 0 aromatic carbocycles. The van der Waals surface area contributed by atoms with E-state index in [0.717, 1.165) is 19.7 Å². The molecule has 2 saturated heterocycles. The second-order valence-corrected chi connectivity index (χ2v) is 3.94. The summed E-state index contributed by atoms with van der Waals surface area (Å²) >= 11 is 0. The predicted molar refractivity (Wildman–Crippen MR) is 52.4 cm³/mol. The molecule has 72 valence electrons. The highest BCUT2D eigenvalue weighted by Gasteiger charge is 2.33. The van der Waals surface area contributed by atoms with Gasteiger partial charge < -0.3 is 4.74 Å². The maximum Gasteiger partial charge on any atom is 0.0731 e. The van der Waals surface area contributed by atoms with E-state index in [1.807, 2.05) is 0 Å². The normalized spacial score (nSPS) is 35.0. The van der Waals surface area contributed by atoms with E-state index in [4.69, 9.17) is 11.2 Å². The third kappa shape index (κ3) is 1.87. The van der Waals surface area contributed by atoms with Gasteiger partial charge in [0.1, 0.15) is 0 Å². The number of rotatable bonds is 2. The van der Waals surface area contributed by atoms with Crippen LogP contribution in [0.4, 0.5) is 0 Å². The second kappa shape index (κ2) is 4.13. The molecule has 2 unspecified atom stereocenters. The molecule has 13 heavy (non-hydrogen) atoms. The van der Waals surface area contributed by atoms with Crippen molar-refractivity contribution in [1.82, 2.24) is 4.90 Å². The molecule has 2 nitrogen and oxygen atoms in total. The number of likely N-dealkylation sites (tertiary alicyclic amines) is 1. The van der Waals surface area contributed by atoms with Crippen molar-refractivity contribution in [1.29, 1.82) is 0 Å². The number of terminal acetylenes is 1. The van der Waals surface area contributed by atoms with Gasteiger partial charge in [-0.15, -0.1) is 6.42 Å². The van der Waals surface area contributed by atoms with Crippen LogP contribution < -0.4 is 0 Å². The molecule has 0 spiro atoms. The highest BCUT2D eigenvalue weighted by Crippen LogP contribution is 2.27. The van der Waals surface area contributed by atoms with Gasteiger partial charge in [0.15, 0.2) is 0 Å². The second-order valence-electron chi connectivity index (χ2n) is 3.94. The Morgan fingerprint density at radius 1 is 1.38 bits per heavy atom. The average Bonchev–Trinajstić information content (AvgIpc) is 2.71. The fourth-order valence-electron chi connectivity index (χ4n) is 2.49. The van der Waals surface area contributed by atoms with Crippen molar-refractivity contribution >= 4 is 0 Å². The zero-order valence-electron chi connectivity index (χ0n) is 8.04. The number of ether oxygens (including phenoxy) is 1. The minimum absolute atomic E-state index is 0.468. The van der Waals surface area contributed by atoms with E-state index in [2.05, 4.69) is 10.8 Å². The Hall–Kier alpha value is -0.520. The van der Waals surface area contributed by atoms with E-state index in [1.54, 1.807) is 0 Å². The zero-order valence-corrected chi connectivity index (χ0v) is 8.04. The summed E-state index contributed by atoms with van der Waals surface area (Å²) in [6.45, 7) is 2.91. The maximum absolute atomic E-state index is 5.70. The van der Waals surface area contributed by atoms with Crippen LogP contribution in [0.3, 0.4) is 0 Å². The summed E-state index contributed by atoms with van der Waals surface area (Å²) in [7, 11) is 0. The van der Waals surface area contributed by atoms with E-state index in [9.17, 15) is 0 Å². The molecular formula is C11H17NO. The monoisotopic (exact) mass is 179 g/mol. The first-order chi connectivity index (χ1) is 6.42. The Balaban J connectivity index is 1.93. The van der Waals surface area contributed by atoms with Crippen LogP contribution in [-0.2, 0) is 4.74 Å². The fourth-order valence-corrected chi connectivity index (χ4v) is 2.49. The number of nitrogens with zero attached hydrogens (tertiary/aromatic N) is 1. The highest BCUT2D eigenvalue weighted by atomic mass is 16.5. The molecule has 0 radical (unpaired) electrons. The summed E-state index contributed by atoms with van der Waals surface area (Å²) < 4.78 is 5.70. The van der Waals surface area contributed by atoms with Gasteiger partial charge in [-0.3, -0.25) is 4.90 Å². The molecule has 2 heterocycles. The average molecular weight is 179 g/mol. The van der Waals surface area contributed by atoms with Gasteiger partial charge in [0, 0.05) is 12.6 Å². The lowest BCUT2D eigenvalue weighted by molar-refractivity contribution is 0.0461. The van der Waals surface area contributed by atoms with Crippen LogP contribution in [0, 0.1) is 12.3 Å². The first-order valence-corrected chi connectivity index (χ1v) is 5.21. The van der Waals surface area contributed by atoms with E-state index in [-0.39, 0.29) is 0 Å². The van der Waals surface area contributed by atoms with Crippen LogP contribution in [0.2, 0.25) is 0 Å². The van der Waals surface area contributed by atoms with Crippen molar-refractivity contribution in [3.63, 3.8) is 0 Å². The van der Waals surface area contributed by atoms with Crippen molar-refractivity contribution in [3.05, 3.63) is 0 Å². The molecule has 2 rings (SSSR count). The molecular weight excluding hydrogens is 162 g/mol. The van der Waals surface area contributed by atoms with Crippen LogP contribution in [0.5, 0.6) is 0 Å². The van der Waals surface area contributed by atoms with Crippen LogP contribution >= 0.6 is 0 Å². The lowest BCUT2D eigenvalue weighted by Gasteiger charge is -2.26. The van der Waals surface area contributed by atoms with Crippen molar-refractivity contribution in [2.45, 2.75) is 37.8 Å². The summed E-state index contributed by atoms with van der Waals surface area (Å²) in [6.07, 6.45) is 10.8. The van der Waals surface area contributed by atoms with E-state index in [1.165, 1.54) is 25.7 Å². The minimum Gasteiger partial charge on any atom is -0.377 e. The van der Waals surface area contributed by atoms with Crippen LogP contribution in [0.15, 0.2) is 0 Å². The van der Waals surface area contributed by atoms with Crippen LogP contribution in [0.25, 0.3) is 0 Å². The maximum atomic E-state index is 5.70. The topological polar surface area (TPSA) is 12.5 Å². The van der Waals surface area contributed by atoms with Gasteiger partial charge in [0.25, 0.3) is 0 Å². The molecule has 0 bridgehead atoms. The molecule has 0 aromatic rings. The van der Waals surface area contributed by atoms with Gasteiger partial charge in [-0.2, -0.15) is 0 Å². The molecule has 2 aliphatic heterocycles. The lowest BCUT2D eigenvalue weighted by Crippen LogP contribution is -2.38. The van der Waals surface area contributed by atoms with E-state index < -0.39 is 0 Å². The Kier molecular flexibility index (Phi) is 2.87. The Labute approximate surface area is 80.2 Å². The molecule has 0 saturated carbocycles. The first-order valence-electron chi connectivity index (χ1n) is 5.21. The molecule has 2 fully saturated rings. The van der Waals surface area contributed by atoms with Gasteiger partial charge in [-0.05, 0) is 32.2 Å². The van der Waals surface area contributed by atoms with Gasteiger partial charge in [-0.25, -0.2) is 0 Å². The largest absolute Gasteiger partial charge is 0.377 e. The summed E-state index contributed by atoms with van der Waals surface area (Å²) in [5.74, 6) is 2.73. The Morgan fingerprint density at radius 3 is 3.00 bits per heavy atom. The first kappa shape index (κ1) is 9.05. The predicted octanol–water partition coefficient (Wildman–Crippen LogP) is 1.26. The van der Waals surface area contributed by atoms with E-state index >= 15 is 0 Å². The summed E-state index contributed by atoms with van der Waals surface area (Å²) in [6, 6.07) is 0.610. The van der Waals surface area contributed by atoms with Crippen molar-refractivity contribution in [2.75, 3.05) is 19.7 Å². The standard InChI is InChI=1S/C11H17NO/c1-2-7-12-8-3-5-10(12)11-6-4-9-13-11/h1,10-11H,3-9H2. The molecule has 0 amide bonds. The summed E-state index contributed by atoms with van der Waals surface area (Å²) in [4.78, 5) is 2.40. The minimum atomic E-state index is 0.468. The smallest absolute Gasteiger partial charge is 0.0731 e. The Morgan fingerprint density at radius 2 is 2.31 bits per heavy atom. The summed E-state index contributed by atoms with van der Waals surface area (Å²) in [5.41, 5.74) is 0. The lowest BCUT2D eigenvalue weighted by atomic mass is 10.1. The number of hydrogen-bond donors (Lipinski definition) is 0. The molecule has 0 N–H and O–H groups in total. The van der Waals surface area contributed by atoms with Crippen LogP contribution in [-0.4, -0.2) is 36.7 Å². The SMILES string of the molecule is C#CCN1CCCC1C1CCCO1. The molecule has 0 aromatic heterocycles. The molecule has 2 atom stereocenters. The van der Waals surface area contributed by atoms with Gasteiger partial charge in [0.05, 0.1) is 12.6 Å².